The van der Waals surface area contributed by atoms with E-state index in [2.05, 4.69) is 15.3 Å². The molecule has 26 heavy (non-hydrogen) atoms. The zero-order chi connectivity index (χ0) is 18.3. The highest BCUT2D eigenvalue weighted by Gasteiger charge is 2.43. The minimum absolute atomic E-state index is 0.391. The molecule has 1 unspecified atom stereocenters. The van der Waals surface area contributed by atoms with Gasteiger partial charge in [-0.05, 0) is 30.3 Å². The molecular weight excluding hydrogens is 360 g/mol. The largest absolute Gasteiger partial charge is 0.394 e. The van der Waals surface area contributed by atoms with Crippen molar-refractivity contribution in [1.82, 2.24) is 14.5 Å². The summed E-state index contributed by atoms with van der Waals surface area (Å²) in [6.07, 6.45) is -1.02. The summed E-state index contributed by atoms with van der Waals surface area (Å²) in [5, 5.41) is 33.3. The van der Waals surface area contributed by atoms with Crippen molar-refractivity contribution in [3.8, 4) is 0 Å². The van der Waals surface area contributed by atoms with Crippen LogP contribution in [0.15, 0.2) is 42.9 Å². The van der Waals surface area contributed by atoms with Crippen LogP contribution >= 0.6 is 11.6 Å². The van der Waals surface area contributed by atoms with E-state index in [0.29, 0.717) is 16.2 Å². The summed E-state index contributed by atoms with van der Waals surface area (Å²) in [7, 11) is 0. The van der Waals surface area contributed by atoms with Crippen LogP contribution in [0.4, 0.5) is 11.4 Å². The van der Waals surface area contributed by atoms with Gasteiger partial charge in [0.2, 0.25) is 0 Å². The topological polar surface area (TPSA) is 113 Å². The number of imidazole rings is 1. The normalized spacial score (nSPS) is 25.7. The van der Waals surface area contributed by atoms with Gasteiger partial charge in [-0.2, -0.15) is 0 Å². The van der Waals surface area contributed by atoms with E-state index >= 15 is 0 Å². The van der Waals surface area contributed by atoms with Crippen LogP contribution in [0.3, 0.4) is 0 Å². The van der Waals surface area contributed by atoms with Crippen LogP contribution < -0.4 is 5.32 Å². The van der Waals surface area contributed by atoms with E-state index in [1.165, 1.54) is 6.33 Å². The van der Waals surface area contributed by atoms with Gasteiger partial charge in [0.15, 0.2) is 11.9 Å². The van der Waals surface area contributed by atoms with Gasteiger partial charge in [-0.25, -0.2) is 9.97 Å². The molecular formula is C17H17ClN4O4. The molecule has 3 aromatic rings. The molecule has 1 aromatic carbocycles. The van der Waals surface area contributed by atoms with E-state index in [4.69, 9.17) is 16.3 Å². The number of ether oxygens (including phenoxy) is 1. The van der Waals surface area contributed by atoms with Crippen LogP contribution in [0.1, 0.15) is 6.23 Å². The van der Waals surface area contributed by atoms with Crippen LogP contribution in [-0.4, -0.2) is 54.8 Å². The number of halogens is 1. The summed E-state index contributed by atoms with van der Waals surface area (Å²) in [6.45, 7) is -0.391. The Balaban J connectivity index is 1.68. The number of fused-ring (bicyclic) bond motifs is 1. The number of nitrogens with one attached hydrogen (secondary N) is 1. The van der Waals surface area contributed by atoms with E-state index in [0.717, 1.165) is 11.4 Å². The molecule has 8 nitrogen and oxygen atoms in total. The van der Waals surface area contributed by atoms with Gasteiger partial charge < -0.3 is 25.4 Å². The van der Waals surface area contributed by atoms with Crippen LogP contribution in [-0.2, 0) is 4.74 Å². The number of pyridine rings is 1. The summed E-state index contributed by atoms with van der Waals surface area (Å²) < 4.78 is 7.10. The van der Waals surface area contributed by atoms with E-state index in [1.807, 2.05) is 12.1 Å². The predicted octanol–water partition coefficient (Wildman–Crippen LogP) is 1.44. The standard InChI is InChI=1S/C17H17ClN4O4/c18-9-1-3-10(4-2-9)21-11-5-6-19-16-13(11)20-8-22(16)17-15(25)14(24)12(7-23)26-17/h1-6,8,12,14-15,17,23-25H,7H2,(H,19,21)/t12-,14-,15-,17?/m1/s1. The number of hydrogen-bond acceptors (Lipinski definition) is 7. The van der Waals surface area contributed by atoms with E-state index in [9.17, 15) is 15.3 Å². The minimum atomic E-state index is -1.20. The maximum absolute atomic E-state index is 10.2. The molecule has 4 N–H and O–H groups in total. The third kappa shape index (κ3) is 2.91. The molecule has 0 aliphatic carbocycles. The van der Waals surface area contributed by atoms with Crippen molar-refractivity contribution in [2.24, 2.45) is 0 Å². The van der Waals surface area contributed by atoms with Crippen molar-refractivity contribution >= 4 is 34.1 Å². The summed E-state index contributed by atoms with van der Waals surface area (Å²) in [5.74, 6) is 0. The number of nitrogens with zero attached hydrogens (tertiary/aromatic N) is 3. The lowest BCUT2D eigenvalue weighted by molar-refractivity contribution is -0.0511. The van der Waals surface area contributed by atoms with E-state index in [1.54, 1.807) is 29.0 Å². The molecule has 2 aromatic heterocycles. The van der Waals surface area contributed by atoms with Gasteiger partial charge in [0.05, 0.1) is 18.6 Å². The molecule has 1 fully saturated rings. The average Bonchev–Trinajstić information content (AvgIpc) is 3.19. The SMILES string of the molecule is OC[C@H]1OC(n2cnc3c(Nc4ccc(Cl)cc4)ccnc32)[C@H](O)[C@@H]1O. The second kappa shape index (κ2) is 6.82. The average molecular weight is 377 g/mol. The number of rotatable bonds is 4. The van der Waals surface area contributed by atoms with Crippen LogP contribution in [0.5, 0.6) is 0 Å². The molecule has 3 heterocycles. The van der Waals surface area contributed by atoms with Crippen LogP contribution in [0.25, 0.3) is 11.2 Å². The monoisotopic (exact) mass is 376 g/mol. The third-order valence-electron chi connectivity index (χ3n) is 4.38. The molecule has 0 radical (unpaired) electrons. The lowest BCUT2D eigenvalue weighted by Crippen LogP contribution is -2.33. The Hall–Kier alpha value is -2.23. The number of hydrogen-bond donors (Lipinski definition) is 4. The number of aromatic nitrogens is 3. The molecule has 0 spiro atoms. The number of aliphatic hydroxyl groups is 3. The maximum Gasteiger partial charge on any atom is 0.165 e. The summed E-state index contributed by atoms with van der Waals surface area (Å²) in [6, 6.07) is 9.03. The molecule has 136 valence electrons. The fraction of sp³-hybridized carbons (Fsp3) is 0.294. The van der Waals surface area contributed by atoms with Gasteiger partial charge in [-0.1, -0.05) is 11.6 Å². The number of aliphatic hydroxyl groups excluding tert-OH is 3. The first-order chi connectivity index (χ1) is 12.6. The highest BCUT2D eigenvalue weighted by atomic mass is 35.5. The molecule has 9 heteroatoms. The van der Waals surface area contributed by atoms with E-state index < -0.39 is 31.1 Å². The fourth-order valence-corrected chi connectivity index (χ4v) is 3.15. The molecule has 4 atom stereocenters. The summed E-state index contributed by atoms with van der Waals surface area (Å²) in [5.41, 5.74) is 2.63. The lowest BCUT2D eigenvalue weighted by atomic mass is 10.1. The van der Waals surface area contributed by atoms with Gasteiger partial charge >= 0.3 is 0 Å². The second-order valence-corrected chi connectivity index (χ2v) is 6.48. The summed E-state index contributed by atoms with van der Waals surface area (Å²) >= 11 is 5.91. The van der Waals surface area contributed by atoms with Gasteiger partial charge in [0.25, 0.3) is 0 Å². The first-order valence-corrected chi connectivity index (χ1v) is 8.43. The van der Waals surface area contributed by atoms with E-state index in [-0.39, 0.29) is 0 Å². The maximum atomic E-state index is 10.2. The Kier molecular flexibility index (Phi) is 4.51. The zero-order valence-electron chi connectivity index (χ0n) is 13.5. The van der Waals surface area contributed by atoms with Crippen molar-refractivity contribution in [3.63, 3.8) is 0 Å². The fourth-order valence-electron chi connectivity index (χ4n) is 3.02. The van der Waals surface area contributed by atoms with Crippen LogP contribution in [0, 0.1) is 0 Å². The molecule has 0 saturated carbocycles. The molecule has 1 saturated heterocycles. The van der Waals surface area contributed by atoms with Gasteiger partial charge in [-0.15, -0.1) is 0 Å². The highest BCUT2D eigenvalue weighted by Crippen LogP contribution is 2.33. The Morgan fingerprint density at radius 1 is 1.12 bits per heavy atom. The number of anilines is 2. The molecule has 4 rings (SSSR count). The van der Waals surface area contributed by atoms with Crippen molar-refractivity contribution in [1.29, 1.82) is 0 Å². The summed E-state index contributed by atoms with van der Waals surface area (Å²) in [4.78, 5) is 8.68. The Bertz CT molecular complexity index is 917. The Labute approximate surface area is 153 Å². The highest BCUT2D eigenvalue weighted by molar-refractivity contribution is 6.30. The quantitative estimate of drug-likeness (QED) is 0.545. The second-order valence-electron chi connectivity index (χ2n) is 6.04. The first kappa shape index (κ1) is 17.2. The Morgan fingerprint density at radius 2 is 1.88 bits per heavy atom. The van der Waals surface area contributed by atoms with Crippen molar-refractivity contribution in [2.45, 2.75) is 24.5 Å². The Morgan fingerprint density at radius 3 is 2.58 bits per heavy atom. The third-order valence-corrected chi connectivity index (χ3v) is 4.63. The van der Waals surface area contributed by atoms with Crippen molar-refractivity contribution < 1.29 is 20.1 Å². The van der Waals surface area contributed by atoms with Gasteiger partial charge in [0, 0.05) is 16.9 Å². The smallest absolute Gasteiger partial charge is 0.165 e. The first-order valence-electron chi connectivity index (χ1n) is 8.05. The van der Waals surface area contributed by atoms with Crippen molar-refractivity contribution in [3.05, 3.63) is 47.9 Å². The molecule has 1 aliphatic heterocycles. The predicted molar refractivity (Wildman–Crippen MR) is 95.3 cm³/mol. The van der Waals surface area contributed by atoms with Crippen LogP contribution in [0.2, 0.25) is 5.02 Å². The van der Waals surface area contributed by atoms with Gasteiger partial charge in [0.1, 0.15) is 23.8 Å². The molecule has 0 bridgehead atoms. The molecule has 1 aliphatic rings. The number of benzene rings is 1. The van der Waals surface area contributed by atoms with Crippen molar-refractivity contribution in [2.75, 3.05) is 11.9 Å². The zero-order valence-corrected chi connectivity index (χ0v) is 14.3. The van der Waals surface area contributed by atoms with Gasteiger partial charge in [-0.3, -0.25) is 4.57 Å². The molecule has 0 amide bonds. The lowest BCUT2D eigenvalue weighted by Gasteiger charge is -2.16. The minimum Gasteiger partial charge on any atom is -0.394 e.